The first kappa shape index (κ1) is 54.7. The summed E-state index contributed by atoms with van der Waals surface area (Å²) in [5.41, 5.74) is -8.84. The van der Waals surface area contributed by atoms with Crippen LogP contribution >= 0.6 is 0 Å². The first-order valence-electron chi connectivity index (χ1n) is 24.7. The minimum atomic E-state index is -5.28. The predicted molar refractivity (Wildman–Crippen MR) is 282 cm³/mol. The highest BCUT2D eigenvalue weighted by molar-refractivity contribution is 6.13. The third-order valence-electron chi connectivity index (χ3n) is 13.8. The van der Waals surface area contributed by atoms with Gasteiger partial charge in [0.25, 0.3) is 0 Å². The molecule has 0 unspecified atom stereocenters. The van der Waals surface area contributed by atoms with E-state index in [0.29, 0.717) is 23.3 Å². The molecular weight excluding hydrogens is 1100 g/mol. The van der Waals surface area contributed by atoms with Crippen LogP contribution < -0.4 is 0 Å². The van der Waals surface area contributed by atoms with Crippen LogP contribution in [0.15, 0.2) is 194 Å². The molecule has 0 saturated heterocycles. The second-order valence-corrected chi connectivity index (χ2v) is 19.2. The van der Waals surface area contributed by atoms with Gasteiger partial charge in [0.1, 0.15) is 0 Å². The van der Waals surface area contributed by atoms with Crippen molar-refractivity contribution < 1.29 is 65.9 Å². The van der Waals surface area contributed by atoms with Gasteiger partial charge in [-0.2, -0.15) is 65.9 Å². The molecule has 19 heteroatoms. The SMILES string of the molecule is Cc1cc(-c2ccc3c(c2)c2cc(-c4cc(C(F)(F)F)cc(C(F)(F)F)c4)ccc2n3-c2c(-c3ccccc3C(F)(F)F)cc(-c3nc(-c4ccccc4)nc(-c4ccccc4)n3)cc2-c2ccccc2C(F)(F)F)cc(C(F)(F)F)c1. The van der Waals surface area contributed by atoms with E-state index < -0.39 is 75.4 Å². The third kappa shape index (κ3) is 10.5. The largest absolute Gasteiger partial charge is 0.417 e. The van der Waals surface area contributed by atoms with Crippen molar-refractivity contribution in [2.24, 2.45) is 0 Å². The molecule has 2 aromatic heterocycles. The highest BCUT2D eigenvalue weighted by Gasteiger charge is 2.40. The molecule has 0 saturated carbocycles. The van der Waals surface area contributed by atoms with Crippen molar-refractivity contribution in [3.8, 4) is 84.4 Å². The van der Waals surface area contributed by atoms with E-state index in [4.69, 9.17) is 15.0 Å². The molecule has 11 rings (SSSR count). The van der Waals surface area contributed by atoms with Gasteiger partial charge in [-0.05, 0) is 125 Å². The van der Waals surface area contributed by atoms with Gasteiger partial charge in [0, 0.05) is 38.6 Å². The highest BCUT2D eigenvalue weighted by atomic mass is 19.4. The van der Waals surface area contributed by atoms with E-state index in [9.17, 15) is 39.5 Å². The summed E-state index contributed by atoms with van der Waals surface area (Å²) >= 11 is 0. The fourth-order valence-electron chi connectivity index (χ4n) is 10.1. The summed E-state index contributed by atoms with van der Waals surface area (Å²) < 4.78 is 224. The standard InChI is InChI=1S/C63H35F15N4/c1-34-24-39(26-42(25-34)59(64,65)66)37-20-22-53-47(29-37)48-30-38(40-27-43(60(67,68)69)33-44(28-40)61(70,71)72)21-23-54(48)82(53)55-49(45-16-8-10-18-51(45)62(73,74)75)31-41(32-50(55)46-17-9-11-19-52(46)63(76,77)78)58-80-56(35-12-4-2-5-13-35)79-57(81-58)36-14-6-3-7-15-36/h2-33H,1H3. The van der Waals surface area contributed by atoms with Crippen LogP contribution in [-0.2, 0) is 30.9 Å². The number of halogens is 15. The quantitative estimate of drug-likeness (QED) is 0.142. The van der Waals surface area contributed by atoms with Crippen molar-refractivity contribution in [1.82, 2.24) is 19.5 Å². The number of hydrogen-bond acceptors (Lipinski definition) is 3. The molecular formula is C63H35F15N4. The highest BCUT2D eigenvalue weighted by Crippen LogP contribution is 2.50. The normalized spacial score (nSPS) is 12.6. The average Bonchev–Trinajstić information content (AvgIpc) is 2.69. The summed E-state index contributed by atoms with van der Waals surface area (Å²) in [6, 6.07) is 39.8. The number of benzene rings is 9. The van der Waals surface area contributed by atoms with Gasteiger partial charge < -0.3 is 4.57 Å². The van der Waals surface area contributed by atoms with Crippen molar-refractivity contribution in [2.45, 2.75) is 37.8 Å². The number of aryl methyl sites for hydroxylation is 1. The van der Waals surface area contributed by atoms with Gasteiger partial charge in [0.2, 0.25) is 0 Å². The van der Waals surface area contributed by atoms with E-state index in [2.05, 4.69) is 0 Å². The van der Waals surface area contributed by atoms with Crippen LogP contribution in [0.4, 0.5) is 65.9 Å². The van der Waals surface area contributed by atoms with Gasteiger partial charge in [-0.3, -0.25) is 0 Å². The number of aromatic nitrogens is 4. The second kappa shape index (κ2) is 20.1. The van der Waals surface area contributed by atoms with Crippen molar-refractivity contribution in [2.75, 3.05) is 0 Å². The van der Waals surface area contributed by atoms with Crippen LogP contribution in [0.25, 0.3) is 106 Å². The van der Waals surface area contributed by atoms with Crippen LogP contribution in [0.5, 0.6) is 0 Å². The van der Waals surface area contributed by atoms with E-state index >= 15 is 26.3 Å². The zero-order valence-electron chi connectivity index (χ0n) is 41.9. The Balaban J connectivity index is 1.31. The minimum Gasteiger partial charge on any atom is -0.308 e. The van der Waals surface area contributed by atoms with Gasteiger partial charge in [0.05, 0.1) is 44.5 Å². The molecule has 0 aliphatic heterocycles. The Labute approximate surface area is 455 Å². The Morgan fingerprint density at radius 1 is 0.293 bits per heavy atom. The van der Waals surface area contributed by atoms with E-state index in [0.717, 1.165) is 54.6 Å². The average molecular weight is 1130 g/mol. The Morgan fingerprint density at radius 2 is 0.659 bits per heavy atom. The molecule has 412 valence electrons. The van der Waals surface area contributed by atoms with Crippen molar-refractivity contribution in [1.29, 1.82) is 0 Å². The van der Waals surface area contributed by atoms with Crippen molar-refractivity contribution in [3.63, 3.8) is 0 Å². The first-order chi connectivity index (χ1) is 38.7. The maximum Gasteiger partial charge on any atom is 0.417 e. The molecule has 82 heavy (non-hydrogen) atoms. The lowest BCUT2D eigenvalue weighted by molar-refractivity contribution is -0.143. The fourth-order valence-corrected chi connectivity index (χ4v) is 10.1. The molecule has 0 atom stereocenters. The van der Waals surface area contributed by atoms with Gasteiger partial charge in [-0.1, -0.05) is 115 Å². The molecule has 4 nitrogen and oxygen atoms in total. The summed E-state index contributed by atoms with van der Waals surface area (Å²) in [4.78, 5) is 14.2. The monoisotopic (exact) mass is 1130 g/mol. The summed E-state index contributed by atoms with van der Waals surface area (Å²) in [5, 5.41) is -0.00483. The van der Waals surface area contributed by atoms with Crippen molar-refractivity contribution >= 4 is 21.8 Å². The lowest BCUT2D eigenvalue weighted by Crippen LogP contribution is -2.11. The molecule has 0 aliphatic carbocycles. The molecule has 0 amide bonds. The molecule has 2 heterocycles. The molecule has 0 bridgehead atoms. The van der Waals surface area contributed by atoms with E-state index in [-0.39, 0.29) is 90.0 Å². The maximum absolute atomic E-state index is 15.6. The Bertz CT molecular complexity index is 4100. The third-order valence-corrected chi connectivity index (χ3v) is 13.8. The van der Waals surface area contributed by atoms with Crippen LogP contribution in [0.2, 0.25) is 0 Å². The number of hydrogen-bond donors (Lipinski definition) is 0. The van der Waals surface area contributed by atoms with Gasteiger partial charge in [-0.25, -0.2) is 15.0 Å². The zero-order chi connectivity index (χ0) is 58.3. The predicted octanol–water partition coefficient (Wildman–Crippen LogP) is 20.0. The van der Waals surface area contributed by atoms with Gasteiger partial charge in [-0.15, -0.1) is 0 Å². The van der Waals surface area contributed by atoms with E-state index in [1.807, 2.05) is 0 Å². The zero-order valence-corrected chi connectivity index (χ0v) is 41.9. The molecule has 0 fully saturated rings. The molecule has 0 aliphatic rings. The molecule has 11 aromatic rings. The summed E-state index contributed by atoms with van der Waals surface area (Å²) in [5.74, 6) is -0.0323. The van der Waals surface area contributed by atoms with Crippen LogP contribution in [0, 0.1) is 6.92 Å². The summed E-state index contributed by atoms with van der Waals surface area (Å²) in [6.07, 6.45) is -25.6. The van der Waals surface area contributed by atoms with Gasteiger partial charge >= 0.3 is 30.9 Å². The maximum atomic E-state index is 15.6. The molecule has 0 spiro atoms. The summed E-state index contributed by atoms with van der Waals surface area (Å²) in [7, 11) is 0. The number of alkyl halides is 15. The number of rotatable bonds is 8. The van der Waals surface area contributed by atoms with Crippen LogP contribution in [0.3, 0.4) is 0 Å². The van der Waals surface area contributed by atoms with E-state index in [1.54, 1.807) is 60.7 Å². The molecule has 9 aromatic carbocycles. The lowest BCUT2D eigenvalue weighted by atomic mass is 9.88. The topological polar surface area (TPSA) is 43.6 Å². The Morgan fingerprint density at radius 3 is 1.06 bits per heavy atom. The Kier molecular flexibility index (Phi) is 13.4. The number of nitrogens with zero attached hydrogens (tertiary/aromatic N) is 4. The minimum absolute atomic E-state index is 0.00464. The lowest BCUT2D eigenvalue weighted by Gasteiger charge is -2.24. The number of fused-ring (bicyclic) bond motifs is 3. The second-order valence-electron chi connectivity index (χ2n) is 19.2. The summed E-state index contributed by atoms with van der Waals surface area (Å²) in [6.45, 7) is 1.41. The first-order valence-corrected chi connectivity index (χ1v) is 24.7. The van der Waals surface area contributed by atoms with Crippen molar-refractivity contribution in [3.05, 3.63) is 228 Å². The smallest absolute Gasteiger partial charge is 0.308 e. The fraction of sp³-hybridized carbons (Fsp3) is 0.0952. The molecule has 0 radical (unpaired) electrons. The molecule has 0 N–H and O–H groups in total. The Hall–Kier alpha value is -9.26. The van der Waals surface area contributed by atoms with Gasteiger partial charge in [0.15, 0.2) is 17.5 Å². The van der Waals surface area contributed by atoms with E-state index in [1.165, 1.54) is 72.2 Å². The van der Waals surface area contributed by atoms with Crippen LogP contribution in [0.1, 0.15) is 33.4 Å². The van der Waals surface area contributed by atoms with Crippen LogP contribution in [-0.4, -0.2) is 19.5 Å².